The number of carbonyl (C=O) groups excluding carboxylic acids is 1. The van der Waals surface area contributed by atoms with Crippen molar-refractivity contribution in [3.05, 3.63) is 59.7 Å². The van der Waals surface area contributed by atoms with Crippen LogP contribution in [0.2, 0.25) is 0 Å². The van der Waals surface area contributed by atoms with Crippen molar-refractivity contribution in [3.8, 4) is 0 Å². The summed E-state index contributed by atoms with van der Waals surface area (Å²) in [5.74, 6) is -0.748. The van der Waals surface area contributed by atoms with Crippen molar-refractivity contribution in [2.45, 2.75) is 24.0 Å². The molecular formula is C19H21F3N2O5S2. The second-order valence-electron chi connectivity index (χ2n) is 6.95. The highest BCUT2D eigenvalue weighted by Gasteiger charge is 2.32. The number of amides is 1. The van der Waals surface area contributed by atoms with E-state index in [-0.39, 0.29) is 10.6 Å². The van der Waals surface area contributed by atoms with Gasteiger partial charge in [0.1, 0.15) is 6.54 Å². The molecule has 2 aromatic rings. The molecule has 12 heteroatoms. The Kier molecular flexibility index (Phi) is 7.06. The Bertz CT molecular complexity index is 1160. The van der Waals surface area contributed by atoms with Gasteiger partial charge in [-0.05, 0) is 42.8 Å². The number of sulfonamides is 1. The zero-order chi connectivity index (χ0) is 23.6. The SMILES string of the molecule is C[C@H](NC(=O)CN(c1cccc(C(F)(F)F)c1)S(C)(=O)=O)c1ccc(S(C)(=O)=O)cc1. The van der Waals surface area contributed by atoms with Crippen LogP contribution in [0.4, 0.5) is 18.9 Å². The highest BCUT2D eigenvalue weighted by molar-refractivity contribution is 7.92. The smallest absolute Gasteiger partial charge is 0.348 e. The van der Waals surface area contributed by atoms with E-state index in [1.54, 1.807) is 6.92 Å². The van der Waals surface area contributed by atoms with Crippen LogP contribution in [0, 0.1) is 0 Å². The predicted molar refractivity (Wildman–Crippen MR) is 110 cm³/mol. The van der Waals surface area contributed by atoms with Gasteiger partial charge in [0, 0.05) is 6.26 Å². The first-order valence-corrected chi connectivity index (χ1v) is 12.6. The minimum atomic E-state index is -4.67. The molecule has 0 aliphatic heterocycles. The van der Waals surface area contributed by atoms with Crippen LogP contribution >= 0.6 is 0 Å². The molecular weight excluding hydrogens is 457 g/mol. The Labute approximate surface area is 178 Å². The number of anilines is 1. The quantitative estimate of drug-likeness (QED) is 0.660. The molecule has 0 saturated carbocycles. The molecule has 31 heavy (non-hydrogen) atoms. The first-order chi connectivity index (χ1) is 14.1. The molecule has 1 N–H and O–H groups in total. The maximum Gasteiger partial charge on any atom is 0.416 e. The lowest BCUT2D eigenvalue weighted by Crippen LogP contribution is -2.41. The van der Waals surface area contributed by atoms with Crippen LogP contribution in [0.25, 0.3) is 0 Å². The molecule has 0 heterocycles. The van der Waals surface area contributed by atoms with Gasteiger partial charge in [0.05, 0.1) is 28.4 Å². The Morgan fingerprint density at radius 3 is 2.10 bits per heavy atom. The molecule has 0 aromatic heterocycles. The topological polar surface area (TPSA) is 101 Å². The van der Waals surface area contributed by atoms with E-state index >= 15 is 0 Å². The molecule has 170 valence electrons. The molecule has 1 amide bonds. The van der Waals surface area contributed by atoms with Gasteiger partial charge in [-0.25, -0.2) is 16.8 Å². The summed E-state index contributed by atoms with van der Waals surface area (Å²) < 4.78 is 86.8. The number of hydrogen-bond donors (Lipinski definition) is 1. The summed E-state index contributed by atoms with van der Waals surface area (Å²) in [7, 11) is -7.45. The summed E-state index contributed by atoms with van der Waals surface area (Å²) in [5, 5.41) is 2.55. The molecule has 0 aliphatic carbocycles. The standard InChI is InChI=1S/C19H21F3N2O5S2/c1-13(14-7-9-17(10-8-14)30(2,26)27)23-18(25)12-24(31(3,28)29)16-6-4-5-15(11-16)19(20,21)22/h4-11,13H,12H2,1-3H3,(H,23,25)/t13-/m0/s1. The first kappa shape index (κ1) is 24.7. The molecule has 0 saturated heterocycles. The van der Waals surface area contributed by atoms with E-state index in [2.05, 4.69) is 5.32 Å². The van der Waals surface area contributed by atoms with Gasteiger partial charge in [0.25, 0.3) is 0 Å². The van der Waals surface area contributed by atoms with Crippen molar-refractivity contribution in [1.82, 2.24) is 5.32 Å². The molecule has 1 atom stereocenters. The number of nitrogens with one attached hydrogen (secondary N) is 1. The number of hydrogen-bond acceptors (Lipinski definition) is 5. The third-order valence-corrected chi connectivity index (χ3v) is 6.60. The van der Waals surface area contributed by atoms with Crippen molar-refractivity contribution < 1.29 is 34.8 Å². The lowest BCUT2D eigenvalue weighted by Gasteiger charge is -2.24. The summed E-state index contributed by atoms with van der Waals surface area (Å²) in [6, 6.07) is 8.82. The zero-order valence-corrected chi connectivity index (χ0v) is 18.5. The fourth-order valence-corrected chi connectivity index (χ4v) is 4.22. The third kappa shape index (κ3) is 6.69. The fraction of sp³-hybridized carbons (Fsp3) is 0.316. The van der Waals surface area contributed by atoms with E-state index in [1.807, 2.05) is 0 Å². The van der Waals surface area contributed by atoms with Crippen LogP contribution in [-0.4, -0.2) is 41.8 Å². The van der Waals surface area contributed by atoms with Crippen molar-refractivity contribution in [2.24, 2.45) is 0 Å². The minimum absolute atomic E-state index is 0.0996. The normalized spacial score (nSPS) is 13.5. The summed E-state index contributed by atoms with van der Waals surface area (Å²) in [6.45, 7) is 0.869. The number of benzene rings is 2. The fourth-order valence-electron chi connectivity index (χ4n) is 2.74. The maximum absolute atomic E-state index is 13.0. The molecule has 0 bridgehead atoms. The third-order valence-electron chi connectivity index (χ3n) is 4.33. The van der Waals surface area contributed by atoms with Gasteiger partial charge in [-0.15, -0.1) is 0 Å². The van der Waals surface area contributed by atoms with Gasteiger partial charge in [0.15, 0.2) is 9.84 Å². The molecule has 7 nitrogen and oxygen atoms in total. The summed E-state index contributed by atoms with van der Waals surface area (Å²) in [4.78, 5) is 12.5. The number of sulfone groups is 1. The van der Waals surface area contributed by atoms with Gasteiger partial charge in [0.2, 0.25) is 15.9 Å². The molecule has 2 rings (SSSR count). The lowest BCUT2D eigenvalue weighted by molar-refractivity contribution is -0.137. The van der Waals surface area contributed by atoms with Crippen LogP contribution in [0.3, 0.4) is 0 Å². The van der Waals surface area contributed by atoms with E-state index in [9.17, 15) is 34.8 Å². The van der Waals surface area contributed by atoms with Crippen LogP contribution in [-0.2, 0) is 30.8 Å². The number of rotatable bonds is 7. The van der Waals surface area contributed by atoms with Gasteiger partial charge in [-0.2, -0.15) is 13.2 Å². The Hall–Kier alpha value is -2.60. The Balaban J connectivity index is 2.20. The minimum Gasteiger partial charge on any atom is -0.348 e. The Morgan fingerprint density at radius 1 is 1.03 bits per heavy atom. The van der Waals surface area contributed by atoms with Gasteiger partial charge in [-0.3, -0.25) is 9.10 Å². The second kappa shape index (κ2) is 8.87. The molecule has 2 aromatic carbocycles. The van der Waals surface area contributed by atoms with Crippen molar-refractivity contribution in [2.75, 3.05) is 23.4 Å². The Morgan fingerprint density at radius 2 is 1.61 bits per heavy atom. The molecule has 0 spiro atoms. The zero-order valence-electron chi connectivity index (χ0n) is 16.8. The molecule has 0 unspecified atom stereocenters. The predicted octanol–water partition coefficient (Wildman–Crippen LogP) is 2.75. The van der Waals surface area contributed by atoms with E-state index in [1.165, 1.54) is 24.3 Å². The van der Waals surface area contributed by atoms with E-state index in [0.717, 1.165) is 30.7 Å². The number of carbonyl (C=O) groups is 1. The highest BCUT2D eigenvalue weighted by Crippen LogP contribution is 2.32. The molecule has 0 fully saturated rings. The van der Waals surface area contributed by atoms with Crippen LogP contribution in [0.1, 0.15) is 24.1 Å². The van der Waals surface area contributed by atoms with Gasteiger partial charge in [-0.1, -0.05) is 18.2 Å². The lowest BCUT2D eigenvalue weighted by atomic mass is 10.1. The average Bonchev–Trinajstić information content (AvgIpc) is 2.64. The monoisotopic (exact) mass is 478 g/mol. The molecule has 0 radical (unpaired) electrons. The van der Waals surface area contributed by atoms with E-state index in [0.29, 0.717) is 15.9 Å². The maximum atomic E-state index is 13.0. The summed E-state index contributed by atoms with van der Waals surface area (Å²) in [6.07, 6.45) is -2.83. The van der Waals surface area contributed by atoms with Gasteiger partial charge < -0.3 is 5.32 Å². The average molecular weight is 479 g/mol. The summed E-state index contributed by atoms with van der Waals surface area (Å²) in [5.41, 5.74) is -0.776. The first-order valence-electron chi connectivity index (χ1n) is 8.83. The number of halogens is 3. The summed E-state index contributed by atoms with van der Waals surface area (Å²) >= 11 is 0. The van der Waals surface area contributed by atoms with E-state index in [4.69, 9.17) is 0 Å². The largest absolute Gasteiger partial charge is 0.416 e. The van der Waals surface area contributed by atoms with Crippen LogP contribution in [0.5, 0.6) is 0 Å². The van der Waals surface area contributed by atoms with Gasteiger partial charge >= 0.3 is 6.18 Å². The van der Waals surface area contributed by atoms with Crippen LogP contribution in [0.15, 0.2) is 53.4 Å². The number of nitrogens with zero attached hydrogens (tertiary/aromatic N) is 1. The van der Waals surface area contributed by atoms with Crippen molar-refractivity contribution in [1.29, 1.82) is 0 Å². The highest BCUT2D eigenvalue weighted by atomic mass is 32.2. The van der Waals surface area contributed by atoms with Crippen molar-refractivity contribution >= 4 is 31.5 Å². The second-order valence-corrected chi connectivity index (χ2v) is 10.9. The van der Waals surface area contributed by atoms with Crippen molar-refractivity contribution in [3.63, 3.8) is 0 Å². The molecule has 0 aliphatic rings. The van der Waals surface area contributed by atoms with E-state index < -0.39 is 50.1 Å². The van der Waals surface area contributed by atoms with Crippen LogP contribution < -0.4 is 9.62 Å². The number of alkyl halides is 3.